The largest absolute Gasteiger partial charge is 0.378 e. The molecule has 1 aliphatic heterocycles. The summed E-state index contributed by atoms with van der Waals surface area (Å²) in [6.45, 7) is 3.11. The minimum Gasteiger partial charge on any atom is -0.378 e. The zero-order valence-electron chi connectivity index (χ0n) is 11.9. The number of ether oxygens (including phenoxy) is 1. The molecular weight excluding hydrogens is 302 g/mol. The Morgan fingerprint density at radius 2 is 2.32 bits per heavy atom. The van der Waals surface area contributed by atoms with E-state index in [1.54, 1.807) is 0 Å². The van der Waals surface area contributed by atoms with Gasteiger partial charge in [0.15, 0.2) is 0 Å². The molecule has 1 saturated heterocycles. The maximum atomic E-state index is 5.69. The van der Waals surface area contributed by atoms with Gasteiger partial charge in [-0.1, -0.05) is 34.1 Å². The van der Waals surface area contributed by atoms with Crippen LogP contribution < -0.4 is 5.32 Å². The van der Waals surface area contributed by atoms with Gasteiger partial charge in [0.2, 0.25) is 0 Å². The molecule has 0 aromatic heterocycles. The molecule has 2 atom stereocenters. The molecule has 0 saturated carbocycles. The molecule has 2 nitrogen and oxygen atoms in total. The SMILES string of the molecule is CNC(CCCC1CCCO1)c1cccc(C)c1Br. The number of hydrogen-bond donors (Lipinski definition) is 1. The molecule has 3 heteroatoms. The van der Waals surface area contributed by atoms with Gasteiger partial charge >= 0.3 is 0 Å². The summed E-state index contributed by atoms with van der Waals surface area (Å²) < 4.78 is 6.93. The van der Waals surface area contributed by atoms with E-state index in [0.717, 1.165) is 6.61 Å². The first-order chi connectivity index (χ1) is 9.22. The second kappa shape index (κ2) is 7.41. The van der Waals surface area contributed by atoms with E-state index < -0.39 is 0 Å². The molecule has 0 radical (unpaired) electrons. The maximum absolute atomic E-state index is 5.69. The number of hydrogen-bond acceptors (Lipinski definition) is 2. The summed E-state index contributed by atoms with van der Waals surface area (Å²) in [5.74, 6) is 0. The lowest BCUT2D eigenvalue weighted by molar-refractivity contribution is 0.101. The van der Waals surface area contributed by atoms with Gasteiger partial charge in [0.1, 0.15) is 0 Å². The molecule has 0 amide bonds. The van der Waals surface area contributed by atoms with Gasteiger partial charge in [-0.3, -0.25) is 0 Å². The molecule has 1 aromatic carbocycles. The van der Waals surface area contributed by atoms with Crippen LogP contribution >= 0.6 is 15.9 Å². The summed E-state index contributed by atoms with van der Waals surface area (Å²) >= 11 is 3.72. The highest BCUT2D eigenvalue weighted by atomic mass is 79.9. The topological polar surface area (TPSA) is 21.3 Å². The van der Waals surface area contributed by atoms with Crippen LogP contribution in [0.5, 0.6) is 0 Å². The van der Waals surface area contributed by atoms with Crippen LogP contribution in [0.4, 0.5) is 0 Å². The zero-order valence-corrected chi connectivity index (χ0v) is 13.5. The second-order valence-corrected chi connectivity index (χ2v) is 6.18. The van der Waals surface area contributed by atoms with Gasteiger partial charge in [-0.2, -0.15) is 0 Å². The van der Waals surface area contributed by atoms with Crippen LogP contribution in [0.1, 0.15) is 49.3 Å². The van der Waals surface area contributed by atoms with Crippen molar-refractivity contribution in [2.24, 2.45) is 0 Å². The van der Waals surface area contributed by atoms with Crippen molar-refractivity contribution >= 4 is 15.9 Å². The number of rotatable bonds is 6. The van der Waals surface area contributed by atoms with E-state index >= 15 is 0 Å². The quantitative estimate of drug-likeness (QED) is 0.838. The van der Waals surface area contributed by atoms with Crippen LogP contribution in [-0.4, -0.2) is 19.8 Å². The smallest absolute Gasteiger partial charge is 0.0576 e. The normalized spacial score (nSPS) is 20.7. The second-order valence-electron chi connectivity index (χ2n) is 5.39. The highest BCUT2D eigenvalue weighted by Crippen LogP contribution is 2.30. The average molecular weight is 326 g/mol. The molecular formula is C16H24BrNO. The van der Waals surface area contributed by atoms with E-state index in [1.807, 2.05) is 7.05 Å². The van der Waals surface area contributed by atoms with Gasteiger partial charge in [-0.15, -0.1) is 0 Å². The van der Waals surface area contributed by atoms with Crippen molar-refractivity contribution in [2.45, 2.75) is 51.2 Å². The predicted octanol–water partition coefficient (Wildman–Crippen LogP) is 4.37. The molecule has 1 aliphatic rings. The Bertz CT molecular complexity index is 402. The lowest BCUT2D eigenvalue weighted by Crippen LogP contribution is -2.18. The summed E-state index contributed by atoms with van der Waals surface area (Å²) in [4.78, 5) is 0. The van der Waals surface area contributed by atoms with E-state index in [9.17, 15) is 0 Å². The Morgan fingerprint density at radius 3 is 3.00 bits per heavy atom. The van der Waals surface area contributed by atoms with Crippen molar-refractivity contribution in [1.82, 2.24) is 5.32 Å². The lowest BCUT2D eigenvalue weighted by atomic mass is 9.98. The van der Waals surface area contributed by atoms with Crippen molar-refractivity contribution in [2.75, 3.05) is 13.7 Å². The summed E-state index contributed by atoms with van der Waals surface area (Å²) in [6, 6.07) is 6.92. The van der Waals surface area contributed by atoms with Crippen LogP contribution in [0.3, 0.4) is 0 Å². The first-order valence-electron chi connectivity index (χ1n) is 7.26. The van der Waals surface area contributed by atoms with Crippen molar-refractivity contribution < 1.29 is 4.74 Å². The number of aryl methyl sites for hydroxylation is 1. The van der Waals surface area contributed by atoms with Crippen LogP contribution in [0.15, 0.2) is 22.7 Å². The molecule has 19 heavy (non-hydrogen) atoms. The molecule has 106 valence electrons. The van der Waals surface area contributed by atoms with Crippen LogP contribution in [0.2, 0.25) is 0 Å². The van der Waals surface area contributed by atoms with Crippen LogP contribution in [-0.2, 0) is 4.74 Å². The first-order valence-corrected chi connectivity index (χ1v) is 8.05. The van der Waals surface area contributed by atoms with E-state index in [0.29, 0.717) is 12.1 Å². The maximum Gasteiger partial charge on any atom is 0.0576 e. The zero-order chi connectivity index (χ0) is 13.7. The number of benzene rings is 1. The fourth-order valence-corrected chi connectivity index (χ4v) is 3.36. The highest BCUT2D eigenvalue weighted by molar-refractivity contribution is 9.10. The highest BCUT2D eigenvalue weighted by Gasteiger charge is 2.17. The minimum atomic E-state index is 0.427. The predicted molar refractivity (Wildman–Crippen MR) is 83.5 cm³/mol. The van der Waals surface area contributed by atoms with Crippen molar-refractivity contribution in [3.8, 4) is 0 Å². The van der Waals surface area contributed by atoms with E-state index in [4.69, 9.17) is 4.74 Å². The van der Waals surface area contributed by atoms with Crippen LogP contribution in [0.25, 0.3) is 0 Å². The molecule has 2 rings (SSSR count). The molecule has 1 heterocycles. The standard InChI is InChI=1S/C16H24BrNO/c1-12-6-3-9-14(16(12)17)15(18-2)10-4-7-13-8-5-11-19-13/h3,6,9,13,15,18H,4-5,7-8,10-11H2,1-2H3. The van der Waals surface area contributed by atoms with E-state index in [-0.39, 0.29) is 0 Å². The van der Waals surface area contributed by atoms with Gasteiger partial charge in [0.05, 0.1) is 6.10 Å². The van der Waals surface area contributed by atoms with Crippen molar-refractivity contribution in [1.29, 1.82) is 0 Å². The molecule has 0 bridgehead atoms. The third kappa shape index (κ3) is 4.04. The van der Waals surface area contributed by atoms with E-state index in [2.05, 4.69) is 46.4 Å². The third-order valence-electron chi connectivity index (χ3n) is 3.99. The first kappa shape index (κ1) is 15.0. The molecule has 2 unspecified atom stereocenters. The van der Waals surface area contributed by atoms with E-state index in [1.165, 1.54) is 47.7 Å². The van der Waals surface area contributed by atoms with Crippen molar-refractivity contribution in [3.05, 3.63) is 33.8 Å². The van der Waals surface area contributed by atoms with Gasteiger partial charge in [0, 0.05) is 17.1 Å². The fourth-order valence-electron chi connectivity index (χ4n) is 2.82. The number of nitrogens with one attached hydrogen (secondary N) is 1. The monoisotopic (exact) mass is 325 g/mol. The summed E-state index contributed by atoms with van der Waals surface area (Å²) in [7, 11) is 2.05. The molecule has 0 spiro atoms. The Labute approximate surface area is 125 Å². The van der Waals surface area contributed by atoms with Crippen molar-refractivity contribution in [3.63, 3.8) is 0 Å². The Kier molecular flexibility index (Phi) is 5.86. The minimum absolute atomic E-state index is 0.427. The molecule has 1 fully saturated rings. The van der Waals surface area contributed by atoms with Gasteiger partial charge in [-0.25, -0.2) is 0 Å². The Balaban J connectivity index is 1.90. The van der Waals surface area contributed by atoms with Gasteiger partial charge < -0.3 is 10.1 Å². The Hall–Kier alpha value is -0.380. The lowest BCUT2D eigenvalue weighted by Gasteiger charge is -2.20. The van der Waals surface area contributed by atoms with Gasteiger partial charge in [-0.05, 0) is 57.2 Å². The van der Waals surface area contributed by atoms with Gasteiger partial charge in [0.25, 0.3) is 0 Å². The van der Waals surface area contributed by atoms with Crippen LogP contribution in [0, 0.1) is 6.92 Å². The molecule has 1 N–H and O–H groups in total. The summed E-state index contributed by atoms with van der Waals surface area (Å²) in [5, 5.41) is 3.44. The third-order valence-corrected chi connectivity index (χ3v) is 5.07. The average Bonchev–Trinajstić information content (AvgIpc) is 2.92. The molecule has 1 aromatic rings. The number of halogens is 1. The molecule has 0 aliphatic carbocycles. The fraction of sp³-hybridized carbons (Fsp3) is 0.625. The summed E-state index contributed by atoms with van der Waals surface area (Å²) in [5.41, 5.74) is 2.67. The summed E-state index contributed by atoms with van der Waals surface area (Å²) in [6.07, 6.45) is 6.58. The Morgan fingerprint density at radius 1 is 1.47 bits per heavy atom.